The van der Waals surface area contributed by atoms with E-state index in [9.17, 15) is 13.2 Å². The lowest BCUT2D eigenvalue weighted by molar-refractivity contribution is 0.0913. The average molecular weight is 445 g/mol. The molecule has 0 radical (unpaired) electrons. The Morgan fingerprint density at radius 3 is 2.74 bits per heavy atom. The molecule has 2 aliphatic rings. The van der Waals surface area contributed by atoms with Crippen LogP contribution in [0.5, 0.6) is 5.75 Å². The molecule has 1 amide bonds. The molecule has 2 heterocycles. The standard InChI is InChI=1S/C23H28N2O5S/c1-2-31(27,28)24-20-11-12-25-21(20)16-17-7-5-8-18(15-17)19-9-3-4-10-22(19)29-13-6-14-30-23(25)26/h3-5,7-10,15,20-21,24H,2,6,11-14,16H2,1H3. The molecule has 1 fully saturated rings. The van der Waals surface area contributed by atoms with Crippen LogP contribution in [0.1, 0.15) is 25.3 Å². The molecule has 2 aliphatic heterocycles. The summed E-state index contributed by atoms with van der Waals surface area (Å²) in [5, 5.41) is 0. The summed E-state index contributed by atoms with van der Waals surface area (Å²) in [6, 6.07) is 15.3. The second-order valence-corrected chi connectivity index (χ2v) is 9.94. The minimum absolute atomic E-state index is 0.00688. The van der Waals surface area contributed by atoms with Crippen LogP contribution in [0, 0.1) is 0 Å². The summed E-state index contributed by atoms with van der Waals surface area (Å²) in [5.74, 6) is 0.798. The molecule has 0 aliphatic carbocycles. The third-order valence-electron chi connectivity index (χ3n) is 5.83. The number of hydrogen-bond donors (Lipinski definition) is 1. The maximum absolute atomic E-state index is 12.8. The number of nitrogens with one attached hydrogen (secondary N) is 1. The zero-order valence-electron chi connectivity index (χ0n) is 17.6. The number of nitrogens with zero attached hydrogens (tertiary/aromatic N) is 1. The lowest BCUT2D eigenvalue weighted by atomic mass is 9.96. The van der Waals surface area contributed by atoms with Crippen LogP contribution in [0.4, 0.5) is 4.79 Å². The molecule has 7 nitrogen and oxygen atoms in total. The van der Waals surface area contributed by atoms with Crippen molar-refractivity contribution in [1.82, 2.24) is 9.62 Å². The van der Waals surface area contributed by atoms with Crippen molar-refractivity contribution in [2.75, 3.05) is 25.5 Å². The van der Waals surface area contributed by atoms with E-state index in [2.05, 4.69) is 10.8 Å². The Kier molecular flexibility index (Phi) is 6.48. The predicted octanol–water partition coefficient (Wildman–Crippen LogP) is 3.20. The highest BCUT2D eigenvalue weighted by atomic mass is 32.2. The number of rotatable bonds is 3. The number of amides is 1. The van der Waals surface area contributed by atoms with E-state index >= 15 is 0 Å². The highest BCUT2D eigenvalue weighted by Crippen LogP contribution is 2.32. The second kappa shape index (κ2) is 9.28. The van der Waals surface area contributed by atoms with Crippen LogP contribution in [0.15, 0.2) is 48.5 Å². The Bertz CT molecular complexity index is 1040. The van der Waals surface area contributed by atoms with E-state index in [4.69, 9.17) is 9.47 Å². The molecular formula is C23H28N2O5S. The van der Waals surface area contributed by atoms with Crippen molar-refractivity contribution in [3.8, 4) is 16.9 Å². The van der Waals surface area contributed by atoms with Crippen molar-refractivity contribution in [2.24, 2.45) is 0 Å². The number of sulfonamides is 1. The number of carbonyl (C=O) groups is 1. The van der Waals surface area contributed by atoms with Crippen LogP contribution in [0.2, 0.25) is 0 Å². The molecule has 2 atom stereocenters. The lowest BCUT2D eigenvalue weighted by Crippen LogP contribution is -2.48. The van der Waals surface area contributed by atoms with Crippen LogP contribution < -0.4 is 9.46 Å². The first-order chi connectivity index (χ1) is 15.0. The van der Waals surface area contributed by atoms with Gasteiger partial charge in [0.1, 0.15) is 5.75 Å². The smallest absolute Gasteiger partial charge is 0.410 e. The number of carbonyl (C=O) groups excluding carboxylic acids is 1. The maximum atomic E-state index is 12.8. The van der Waals surface area contributed by atoms with E-state index in [1.165, 1.54) is 0 Å². The first kappa shape index (κ1) is 21.6. The molecule has 31 heavy (non-hydrogen) atoms. The largest absolute Gasteiger partial charge is 0.493 e. The molecule has 166 valence electrons. The van der Waals surface area contributed by atoms with E-state index in [0.717, 1.165) is 22.4 Å². The molecule has 1 N–H and O–H groups in total. The van der Waals surface area contributed by atoms with Crippen molar-refractivity contribution in [3.05, 3.63) is 54.1 Å². The van der Waals surface area contributed by atoms with Crippen molar-refractivity contribution in [3.63, 3.8) is 0 Å². The quantitative estimate of drug-likeness (QED) is 0.786. The molecule has 2 aromatic rings. The Morgan fingerprint density at radius 2 is 1.90 bits per heavy atom. The zero-order valence-corrected chi connectivity index (χ0v) is 18.4. The van der Waals surface area contributed by atoms with Gasteiger partial charge in [-0.3, -0.25) is 0 Å². The number of benzene rings is 2. The summed E-state index contributed by atoms with van der Waals surface area (Å²) in [5.41, 5.74) is 3.06. The number of hydrogen-bond acceptors (Lipinski definition) is 5. The number of cyclic esters (lactones) is 1. The normalized spacial score (nSPS) is 22.0. The first-order valence-electron chi connectivity index (χ1n) is 10.7. The topological polar surface area (TPSA) is 84.9 Å². The van der Waals surface area contributed by atoms with Gasteiger partial charge < -0.3 is 14.4 Å². The van der Waals surface area contributed by atoms with E-state index < -0.39 is 16.1 Å². The van der Waals surface area contributed by atoms with Crippen LogP contribution in [-0.4, -0.2) is 57.0 Å². The van der Waals surface area contributed by atoms with Gasteiger partial charge in [-0.15, -0.1) is 0 Å². The van der Waals surface area contributed by atoms with Gasteiger partial charge in [-0.05, 0) is 37.0 Å². The molecule has 0 spiro atoms. The van der Waals surface area contributed by atoms with Gasteiger partial charge in [-0.1, -0.05) is 42.5 Å². The third kappa shape index (κ3) is 5.02. The Labute approximate surface area is 183 Å². The predicted molar refractivity (Wildman–Crippen MR) is 119 cm³/mol. The fourth-order valence-corrected chi connectivity index (χ4v) is 5.11. The summed E-state index contributed by atoms with van der Waals surface area (Å²) in [6.45, 7) is 2.76. The van der Waals surface area contributed by atoms with Crippen LogP contribution in [0.25, 0.3) is 11.1 Å². The van der Waals surface area contributed by atoms with E-state index in [1.807, 2.05) is 42.5 Å². The molecule has 2 bridgehead atoms. The summed E-state index contributed by atoms with van der Waals surface area (Å²) < 4.78 is 38.7. The van der Waals surface area contributed by atoms with Gasteiger partial charge in [0.2, 0.25) is 10.0 Å². The fourth-order valence-electron chi connectivity index (χ4n) is 4.21. The molecule has 2 unspecified atom stereocenters. The highest BCUT2D eigenvalue weighted by Gasteiger charge is 2.39. The minimum Gasteiger partial charge on any atom is -0.493 e. The zero-order chi connectivity index (χ0) is 21.8. The summed E-state index contributed by atoms with van der Waals surface area (Å²) in [7, 11) is -3.39. The van der Waals surface area contributed by atoms with E-state index in [-0.39, 0.29) is 24.4 Å². The maximum Gasteiger partial charge on any atom is 0.410 e. The van der Waals surface area contributed by atoms with Crippen molar-refractivity contribution in [1.29, 1.82) is 0 Å². The fraction of sp³-hybridized carbons (Fsp3) is 0.435. The molecule has 4 rings (SSSR count). The Morgan fingerprint density at radius 1 is 1.10 bits per heavy atom. The van der Waals surface area contributed by atoms with Crippen LogP contribution in [-0.2, 0) is 21.2 Å². The number of para-hydroxylation sites is 1. The summed E-state index contributed by atoms with van der Waals surface area (Å²) >= 11 is 0. The average Bonchev–Trinajstić information content (AvgIpc) is 3.15. The monoisotopic (exact) mass is 444 g/mol. The number of fused-ring (bicyclic) bond motifs is 5. The summed E-state index contributed by atoms with van der Waals surface area (Å²) in [4.78, 5) is 14.4. The van der Waals surface area contributed by atoms with Gasteiger partial charge in [0.15, 0.2) is 0 Å². The molecule has 0 saturated carbocycles. The molecule has 8 heteroatoms. The van der Waals surface area contributed by atoms with Gasteiger partial charge in [-0.2, -0.15) is 0 Å². The van der Waals surface area contributed by atoms with Crippen LogP contribution in [0.3, 0.4) is 0 Å². The Hall–Kier alpha value is -2.58. The van der Waals surface area contributed by atoms with E-state index in [1.54, 1.807) is 11.8 Å². The molecule has 2 aromatic carbocycles. The second-order valence-electron chi connectivity index (χ2n) is 7.89. The third-order valence-corrected chi connectivity index (χ3v) is 7.25. The first-order valence-corrected chi connectivity index (χ1v) is 12.4. The minimum atomic E-state index is -3.39. The Balaban J connectivity index is 1.70. The van der Waals surface area contributed by atoms with Gasteiger partial charge in [0, 0.05) is 24.6 Å². The van der Waals surface area contributed by atoms with Crippen molar-refractivity contribution >= 4 is 16.1 Å². The molecule has 0 aromatic heterocycles. The SMILES string of the molecule is CCS(=O)(=O)NC1CCN2C(=O)OCCCOc3ccccc3-c3cccc(c3)CC12. The highest BCUT2D eigenvalue weighted by molar-refractivity contribution is 7.89. The summed E-state index contributed by atoms with van der Waals surface area (Å²) in [6.07, 6.45) is 1.26. The molecule has 1 saturated heterocycles. The van der Waals surface area contributed by atoms with Crippen LogP contribution >= 0.6 is 0 Å². The number of ether oxygens (including phenoxy) is 2. The lowest BCUT2D eigenvalue weighted by Gasteiger charge is -2.28. The van der Waals surface area contributed by atoms with Gasteiger partial charge >= 0.3 is 6.09 Å². The van der Waals surface area contributed by atoms with Crippen molar-refractivity contribution in [2.45, 2.75) is 38.3 Å². The van der Waals surface area contributed by atoms with Gasteiger partial charge in [0.25, 0.3) is 0 Å². The van der Waals surface area contributed by atoms with Gasteiger partial charge in [-0.25, -0.2) is 17.9 Å². The van der Waals surface area contributed by atoms with E-state index in [0.29, 0.717) is 32.4 Å². The van der Waals surface area contributed by atoms with Crippen molar-refractivity contribution < 1.29 is 22.7 Å². The molecular weight excluding hydrogens is 416 g/mol. The van der Waals surface area contributed by atoms with Gasteiger partial charge in [0.05, 0.1) is 25.0 Å².